The predicted octanol–water partition coefficient (Wildman–Crippen LogP) is 4.60. The van der Waals surface area contributed by atoms with Crippen LogP contribution < -0.4 is 14.8 Å². The van der Waals surface area contributed by atoms with E-state index in [9.17, 15) is 14.9 Å². The molecule has 0 saturated carbocycles. The zero-order valence-electron chi connectivity index (χ0n) is 16.2. The van der Waals surface area contributed by atoms with E-state index in [4.69, 9.17) is 21.1 Å². The normalized spacial score (nSPS) is 10.7. The molecule has 0 fully saturated rings. The molecule has 0 unspecified atom stereocenters. The molecular weight excluding hydrogens is 476 g/mol. The Kier molecular flexibility index (Phi) is 8.71. The molecule has 7 nitrogen and oxygen atoms in total. The SMILES string of the molecule is CCOc1cc(/C=C(\C#N)C(=O)Nc2ccccc2Cl)cc(Br)c1OCC(=O)OC. The lowest BCUT2D eigenvalue weighted by molar-refractivity contribution is -0.142. The van der Waals surface area contributed by atoms with E-state index in [0.29, 0.717) is 38.9 Å². The number of ether oxygens (including phenoxy) is 3. The molecule has 30 heavy (non-hydrogen) atoms. The lowest BCUT2D eigenvalue weighted by Gasteiger charge is -2.14. The van der Waals surface area contributed by atoms with Gasteiger partial charge >= 0.3 is 5.97 Å². The molecule has 0 aliphatic heterocycles. The van der Waals surface area contributed by atoms with Gasteiger partial charge in [0, 0.05) is 0 Å². The summed E-state index contributed by atoms with van der Waals surface area (Å²) in [6.07, 6.45) is 1.41. The topological polar surface area (TPSA) is 97.6 Å². The average Bonchev–Trinajstić information content (AvgIpc) is 2.72. The third kappa shape index (κ3) is 6.24. The first kappa shape index (κ1) is 23.3. The zero-order valence-corrected chi connectivity index (χ0v) is 18.5. The highest BCUT2D eigenvalue weighted by Gasteiger charge is 2.16. The summed E-state index contributed by atoms with van der Waals surface area (Å²) in [5, 5.41) is 12.4. The number of nitriles is 1. The van der Waals surface area contributed by atoms with Crippen LogP contribution in [0.3, 0.4) is 0 Å². The number of amides is 1. The molecule has 156 valence electrons. The minimum atomic E-state index is -0.606. The monoisotopic (exact) mass is 492 g/mol. The molecule has 1 N–H and O–H groups in total. The van der Waals surface area contributed by atoms with Crippen LogP contribution in [-0.4, -0.2) is 32.2 Å². The van der Waals surface area contributed by atoms with E-state index in [1.54, 1.807) is 43.3 Å². The number of methoxy groups -OCH3 is 1. The second kappa shape index (κ2) is 11.2. The fourth-order valence-corrected chi connectivity index (χ4v) is 3.09. The van der Waals surface area contributed by atoms with Crippen LogP contribution in [0, 0.1) is 11.3 Å². The first-order valence-electron chi connectivity index (χ1n) is 8.73. The van der Waals surface area contributed by atoms with Crippen molar-refractivity contribution in [3.8, 4) is 17.6 Å². The van der Waals surface area contributed by atoms with Crippen molar-refractivity contribution in [2.45, 2.75) is 6.92 Å². The van der Waals surface area contributed by atoms with E-state index < -0.39 is 11.9 Å². The van der Waals surface area contributed by atoms with Crippen molar-refractivity contribution in [3.05, 3.63) is 57.0 Å². The fourth-order valence-electron chi connectivity index (χ4n) is 2.33. The van der Waals surface area contributed by atoms with E-state index >= 15 is 0 Å². The summed E-state index contributed by atoms with van der Waals surface area (Å²) in [6, 6.07) is 11.8. The van der Waals surface area contributed by atoms with E-state index in [0.717, 1.165) is 0 Å². The number of nitrogens with one attached hydrogen (secondary N) is 1. The summed E-state index contributed by atoms with van der Waals surface area (Å²) in [4.78, 5) is 23.9. The Labute approximate surface area is 187 Å². The van der Waals surface area contributed by atoms with Gasteiger partial charge in [-0.05, 0) is 58.8 Å². The van der Waals surface area contributed by atoms with Crippen molar-refractivity contribution >= 4 is 51.2 Å². The molecule has 0 radical (unpaired) electrons. The smallest absolute Gasteiger partial charge is 0.343 e. The molecule has 0 heterocycles. The van der Waals surface area contributed by atoms with Crippen molar-refractivity contribution in [2.24, 2.45) is 0 Å². The van der Waals surface area contributed by atoms with Crippen LogP contribution in [0.25, 0.3) is 6.08 Å². The van der Waals surface area contributed by atoms with Crippen LogP contribution >= 0.6 is 27.5 Å². The molecular formula is C21H18BrClN2O5. The largest absolute Gasteiger partial charge is 0.490 e. The van der Waals surface area contributed by atoms with Gasteiger partial charge in [0.25, 0.3) is 5.91 Å². The maximum absolute atomic E-state index is 12.5. The molecule has 0 aliphatic carbocycles. The molecule has 0 atom stereocenters. The third-order valence-electron chi connectivity index (χ3n) is 3.69. The van der Waals surface area contributed by atoms with Crippen LogP contribution in [-0.2, 0) is 14.3 Å². The first-order chi connectivity index (χ1) is 14.4. The Morgan fingerprint density at radius 1 is 1.27 bits per heavy atom. The summed E-state index contributed by atoms with van der Waals surface area (Å²) in [7, 11) is 1.26. The van der Waals surface area contributed by atoms with Gasteiger partial charge in [-0.25, -0.2) is 4.79 Å². The molecule has 2 aromatic rings. The Morgan fingerprint density at radius 3 is 2.63 bits per heavy atom. The quantitative estimate of drug-likeness (QED) is 0.328. The van der Waals surface area contributed by atoms with Gasteiger partial charge in [-0.3, -0.25) is 4.79 Å². The number of carbonyl (C=O) groups is 2. The van der Waals surface area contributed by atoms with Crippen LogP contribution in [0.15, 0.2) is 46.4 Å². The van der Waals surface area contributed by atoms with E-state index in [1.807, 2.05) is 6.07 Å². The van der Waals surface area contributed by atoms with Crippen molar-refractivity contribution in [1.29, 1.82) is 5.26 Å². The number of rotatable bonds is 8. The van der Waals surface area contributed by atoms with Gasteiger partial charge in [0.2, 0.25) is 0 Å². The molecule has 2 rings (SSSR count). The van der Waals surface area contributed by atoms with Gasteiger partial charge in [-0.1, -0.05) is 23.7 Å². The average molecular weight is 494 g/mol. The molecule has 0 aliphatic rings. The Bertz CT molecular complexity index is 1020. The highest BCUT2D eigenvalue weighted by molar-refractivity contribution is 9.10. The number of hydrogen-bond donors (Lipinski definition) is 1. The van der Waals surface area contributed by atoms with Crippen LogP contribution in [0.5, 0.6) is 11.5 Å². The molecule has 0 aromatic heterocycles. The van der Waals surface area contributed by atoms with Crippen molar-refractivity contribution in [1.82, 2.24) is 0 Å². The lowest BCUT2D eigenvalue weighted by Crippen LogP contribution is -2.14. The maximum atomic E-state index is 12.5. The number of benzene rings is 2. The minimum absolute atomic E-state index is 0.132. The van der Waals surface area contributed by atoms with Crippen LogP contribution in [0.4, 0.5) is 5.69 Å². The molecule has 2 aromatic carbocycles. The minimum Gasteiger partial charge on any atom is -0.490 e. The van der Waals surface area contributed by atoms with Gasteiger partial charge < -0.3 is 19.5 Å². The summed E-state index contributed by atoms with van der Waals surface area (Å²) in [5.41, 5.74) is 0.780. The number of carbonyl (C=O) groups excluding carboxylic acids is 2. The Hall–Kier alpha value is -3.02. The zero-order chi connectivity index (χ0) is 22.1. The first-order valence-corrected chi connectivity index (χ1v) is 9.90. The summed E-state index contributed by atoms with van der Waals surface area (Å²) in [5.74, 6) is -0.508. The second-order valence-electron chi connectivity index (χ2n) is 5.73. The third-order valence-corrected chi connectivity index (χ3v) is 4.61. The highest BCUT2D eigenvalue weighted by Crippen LogP contribution is 2.37. The second-order valence-corrected chi connectivity index (χ2v) is 6.99. The van der Waals surface area contributed by atoms with Crippen molar-refractivity contribution in [2.75, 3.05) is 25.6 Å². The number of esters is 1. The number of nitrogens with zero attached hydrogens (tertiary/aromatic N) is 1. The highest BCUT2D eigenvalue weighted by atomic mass is 79.9. The molecule has 9 heteroatoms. The summed E-state index contributed by atoms with van der Waals surface area (Å²) >= 11 is 9.41. The standard InChI is InChI=1S/C21H18BrClN2O5/c1-3-29-18-10-13(9-15(22)20(18)30-12-19(26)28-2)8-14(11-24)21(27)25-17-7-5-4-6-16(17)23/h4-10H,3,12H2,1-2H3,(H,25,27)/b14-8+. The van der Waals surface area contributed by atoms with E-state index in [-0.39, 0.29) is 12.2 Å². The van der Waals surface area contributed by atoms with Crippen molar-refractivity contribution < 1.29 is 23.8 Å². The van der Waals surface area contributed by atoms with Gasteiger partial charge in [0.15, 0.2) is 18.1 Å². The van der Waals surface area contributed by atoms with E-state index in [1.165, 1.54) is 13.2 Å². The van der Waals surface area contributed by atoms with Gasteiger partial charge in [0.05, 0.1) is 28.9 Å². The number of anilines is 1. The number of hydrogen-bond acceptors (Lipinski definition) is 6. The maximum Gasteiger partial charge on any atom is 0.343 e. The van der Waals surface area contributed by atoms with Crippen LogP contribution in [0.2, 0.25) is 5.02 Å². The molecule has 0 saturated heterocycles. The number of halogens is 2. The van der Waals surface area contributed by atoms with E-state index in [2.05, 4.69) is 26.0 Å². The van der Waals surface area contributed by atoms with Crippen molar-refractivity contribution in [3.63, 3.8) is 0 Å². The Morgan fingerprint density at radius 2 is 2.00 bits per heavy atom. The Balaban J connectivity index is 2.33. The number of para-hydroxylation sites is 1. The van der Waals surface area contributed by atoms with Crippen LogP contribution in [0.1, 0.15) is 12.5 Å². The van der Waals surface area contributed by atoms with Gasteiger partial charge in [0.1, 0.15) is 11.6 Å². The summed E-state index contributed by atoms with van der Waals surface area (Å²) < 4.78 is 16.1. The summed E-state index contributed by atoms with van der Waals surface area (Å²) in [6.45, 7) is 1.83. The molecule has 1 amide bonds. The van der Waals surface area contributed by atoms with Gasteiger partial charge in [-0.2, -0.15) is 5.26 Å². The fraction of sp³-hybridized carbons (Fsp3) is 0.190. The molecule has 0 spiro atoms. The predicted molar refractivity (Wildman–Crippen MR) is 116 cm³/mol. The lowest BCUT2D eigenvalue weighted by atomic mass is 10.1. The molecule has 0 bridgehead atoms. The van der Waals surface area contributed by atoms with Gasteiger partial charge in [-0.15, -0.1) is 0 Å².